The summed E-state index contributed by atoms with van der Waals surface area (Å²) in [6, 6.07) is 5.64. The van der Waals surface area contributed by atoms with Crippen molar-refractivity contribution in [3.63, 3.8) is 0 Å². The number of halogens is 1. The van der Waals surface area contributed by atoms with Crippen LogP contribution in [0.1, 0.15) is 32.3 Å². The Kier molecular flexibility index (Phi) is 5.38. The molecule has 1 fully saturated rings. The standard InChI is InChI=1S/C16H25FN2O/c1-3-13(18)10-12-6-5-7-15(17)16(12)19-8-9-20-11-14(19)4-2/h5-7,13-14H,3-4,8-11,18H2,1-2H3. The Bertz CT molecular complexity index is 438. The van der Waals surface area contributed by atoms with E-state index in [4.69, 9.17) is 10.5 Å². The first-order chi connectivity index (χ1) is 9.67. The maximum absolute atomic E-state index is 14.4. The molecule has 2 N–H and O–H groups in total. The van der Waals surface area contributed by atoms with E-state index in [1.54, 1.807) is 12.1 Å². The molecular weight excluding hydrogens is 255 g/mol. The number of nitrogens with two attached hydrogens (primary N) is 1. The van der Waals surface area contributed by atoms with Crippen LogP contribution in [-0.2, 0) is 11.2 Å². The van der Waals surface area contributed by atoms with Gasteiger partial charge in [0.1, 0.15) is 5.82 Å². The number of anilines is 1. The Balaban J connectivity index is 2.32. The molecule has 3 nitrogen and oxygen atoms in total. The number of nitrogens with zero attached hydrogens (tertiary/aromatic N) is 1. The minimum Gasteiger partial charge on any atom is -0.377 e. The first kappa shape index (κ1) is 15.3. The molecule has 1 saturated heterocycles. The van der Waals surface area contributed by atoms with Crippen LogP contribution < -0.4 is 10.6 Å². The van der Waals surface area contributed by atoms with E-state index >= 15 is 0 Å². The lowest BCUT2D eigenvalue weighted by atomic mass is 10.00. The Labute approximate surface area is 120 Å². The van der Waals surface area contributed by atoms with Gasteiger partial charge in [0.25, 0.3) is 0 Å². The zero-order chi connectivity index (χ0) is 14.5. The second-order valence-corrected chi connectivity index (χ2v) is 5.45. The highest BCUT2D eigenvalue weighted by atomic mass is 19.1. The lowest BCUT2D eigenvalue weighted by molar-refractivity contribution is 0.0925. The van der Waals surface area contributed by atoms with Crippen molar-refractivity contribution in [2.45, 2.75) is 45.2 Å². The fourth-order valence-corrected chi connectivity index (χ4v) is 2.76. The number of rotatable bonds is 5. The summed E-state index contributed by atoms with van der Waals surface area (Å²) >= 11 is 0. The maximum Gasteiger partial charge on any atom is 0.146 e. The monoisotopic (exact) mass is 280 g/mol. The summed E-state index contributed by atoms with van der Waals surface area (Å²) < 4.78 is 19.9. The Morgan fingerprint density at radius 2 is 2.25 bits per heavy atom. The second-order valence-electron chi connectivity index (χ2n) is 5.45. The summed E-state index contributed by atoms with van der Waals surface area (Å²) in [4.78, 5) is 2.16. The Morgan fingerprint density at radius 3 is 2.95 bits per heavy atom. The summed E-state index contributed by atoms with van der Waals surface area (Å²) in [5.74, 6) is -0.147. The van der Waals surface area contributed by atoms with E-state index in [0.29, 0.717) is 13.2 Å². The van der Waals surface area contributed by atoms with Gasteiger partial charge in [-0.3, -0.25) is 0 Å². The molecule has 0 spiro atoms. The van der Waals surface area contributed by atoms with E-state index in [-0.39, 0.29) is 17.9 Å². The highest BCUT2D eigenvalue weighted by molar-refractivity contribution is 5.56. The maximum atomic E-state index is 14.4. The third-order valence-corrected chi connectivity index (χ3v) is 4.06. The van der Waals surface area contributed by atoms with Gasteiger partial charge >= 0.3 is 0 Å². The second kappa shape index (κ2) is 7.04. The number of para-hydroxylation sites is 1. The van der Waals surface area contributed by atoms with Gasteiger partial charge in [0.2, 0.25) is 0 Å². The summed E-state index contributed by atoms with van der Waals surface area (Å²) in [6.07, 6.45) is 2.57. The van der Waals surface area contributed by atoms with Crippen LogP contribution >= 0.6 is 0 Å². The van der Waals surface area contributed by atoms with Crippen LogP contribution in [0.15, 0.2) is 18.2 Å². The molecule has 0 aromatic heterocycles. The average Bonchev–Trinajstić information content (AvgIpc) is 2.47. The molecule has 1 aromatic rings. The fraction of sp³-hybridized carbons (Fsp3) is 0.625. The number of morpholine rings is 1. The Hall–Kier alpha value is -1.13. The van der Waals surface area contributed by atoms with Crippen molar-refractivity contribution < 1.29 is 9.13 Å². The summed E-state index contributed by atoms with van der Waals surface area (Å²) in [6.45, 7) is 6.25. The molecule has 1 aromatic carbocycles. The minimum atomic E-state index is -0.147. The first-order valence-electron chi connectivity index (χ1n) is 7.54. The molecule has 0 bridgehead atoms. The van der Waals surface area contributed by atoms with Gasteiger partial charge in [-0.2, -0.15) is 0 Å². The van der Waals surface area contributed by atoms with Gasteiger partial charge in [-0.15, -0.1) is 0 Å². The number of benzene rings is 1. The van der Waals surface area contributed by atoms with Crippen LogP contribution in [0.3, 0.4) is 0 Å². The van der Waals surface area contributed by atoms with E-state index in [9.17, 15) is 4.39 Å². The normalized spacial score (nSPS) is 21.0. The highest BCUT2D eigenvalue weighted by Gasteiger charge is 2.26. The van der Waals surface area contributed by atoms with Crippen LogP contribution in [0.2, 0.25) is 0 Å². The molecule has 2 unspecified atom stereocenters. The lowest BCUT2D eigenvalue weighted by Crippen LogP contribution is -2.46. The van der Waals surface area contributed by atoms with Crippen molar-refractivity contribution in [1.29, 1.82) is 0 Å². The molecule has 1 aliphatic heterocycles. The summed E-state index contributed by atoms with van der Waals surface area (Å²) in [7, 11) is 0. The minimum absolute atomic E-state index is 0.0802. The lowest BCUT2D eigenvalue weighted by Gasteiger charge is -2.38. The molecule has 0 radical (unpaired) electrons. The van der Waals surface area contributed by atoms with Gasteiger partial charge in [-0.25, -0.2) is 4.39 Å². The van der Waals surface area contributed by atoms with Gasteiger partial charge in [-0.05, 0) is 30.9 Å². The largest absolute Gasteiger partial charge is 0.377 e. The summed E-state index contributed by atoms with van der Waals surface area (Å²) in [5.41, 5.74) is 7.80. The molecule has 2 atom stereocenters. The van der Waals surface area contributed by atoms with Crippen molar-refractivity contribution in [3.05, 3.63) is 29.6 Å². The molecule has 0 aliphatic carbocycles. The molecule has 20 heavy (non-hydrogen) atoms. The highest BCUT2D eigenvalue weighted by Crippen LogP contribution is 2.29. The van der Waals surface area contributed by atoms with E-state index < -0.39 is 0 Å². The average molecular weight is 280 g/mol. The molecule has 0 saturated carbocycles. The van der Waals surface area contributed by atoms with Crippen molar-refractivity contribution in [3.8, 4) is 0 Å². The zero-order valence-corrected chi connectivity index (χ0v) is 12.4. The quantitative estimate of drug-likeness (QED) is 0.901. The van der Waals surface area contributed by atoms with Crippen molar-refractivity contribution >= 4 is 5.69 Å². The molecule has 0 amide bonds. The van der Waals surface area contributed by atoms with Crippen molar-refractivity contribution in [2.75, 3.05) is 24.7 Å². The number of ether oxygens (including phenoxy) is 1. The van der Waals surface area contributed by atoms with Crippen molar-refractivity contribution in [2.24, 2.45) is 5.73 Å². The van der Waals surface area contributed by atoms with E-state index in [1.807, 2.05) is 6.07 Å². The predicted octanol–water partition coefficient (Wildman–Crippen LogP) is 2.72. The zero-order valence-electron chi connectivity index (χ0n) is 12.4. The molecule has 1 heterocycles. The third kappa shape index (κ3) is 3.30. The van der Waals surface area contributed by atoms with E-state index in [2.05, 4.69) is 18.7 Å². The van der Waals surface area contributed by atoms with Crippen LogP contribution in [0.25, 0.3) is 0 Å². The van der Waals surface area contributed by atoms with Gasteiger partial charge < -0.3 is 15.4 Å². The topological polar surface area (TPSA) is 38.5 Å². The summed E-state index contributed by atoms with van der Waals surface area (Å²) in [5, 5.41) is 0. The third-order valence-electron chi connectivity index (χ3n) is 4.06. The van der Waals surface area contributed by atoms with Crippen LogP contribution in [0.5, 0.6) is 0 Å². The number of hydrogen-bond donors (Lipinski definition) is 1. The van der Waals surface area contributed by atoms with Gasteiger partial charge in [0, 0.05) is 12.6 Å². The molecular formula is C16H25FN2O. The molecule has 4 heteroatoms. The molecule has 1 aliphatic rings. The number of hydrogen-bond acceptors (Lipinski definition) is 3. The van der Waals surface area contributed by atoms with Crippen molar-refractivity contribution in [1.82, 2.24) is 0 Å². The van der Waals surface area contributed by atoms with Gasteiger partial charge in [0.05, 0.1) is 24.9 Å². The van der Waals surface area contributed by atoms with Crippen LogP contribution in [0.4, 0.5) is 10.1 Å². The smallest absolute Gasteiger partial charge is 0.146 e. The SMILES string of the molecule is CCC(N)Cc1cccc(F)c1N1CCOCC1CC. The predicted molar refractivity (Wildman–Crippen MR) is 80.6 cm³/mol. The fourth-order valence-electron chi connectivity index (χ4n) is 2.76. The molecule has 112 valence electrons. The molecule has 2 rings (SSSR count). The van der Waals surface area contributed by atoms with Gasteiger partial charge in [-0.1, -0.05) is 26.0 Å². The van der Waals surface area contributed by atoms with Crippen LogP contribution in [0, 0.1) is 5.82 Å². The van der Waals surface area contributed by atoms with Crippen LogP contribution in [-0.4, -0.2) is 31.8 Å². The van der Waals surface area contributed by atoms with E-state index in [1.165, 1.54) is 0 Å². The van der Waals surface area contributed by atoms with E-state index in [0.717, 1.165) is 37.1 Å². The first-order valence-corrected chi connectivity index (χ1v) is 7.54. The Morgan fingerprint density at radius 1 is 1.45 bits per heavy atom. The van der Waals surface area contributed by atoms with Gasteiger partial charge in [0.15, 0.2) is 0 Å².